The molecule has 0 bridgehead atoms. The molecule has 146 valence electrons. The van der Waals surface area contributed by atoms with Gasteiger partial charge in [0.2, 0.25) is 0 Å². The summed E-state index contributed by atoms with van der Waals surface area (Å²) in [6, 6.07) is 4.59. The molecule has 2 atom stereocenters. The average Bonchev–Trinajstić information content (AvgIpc) is 2.51. The monoisotopic (exact) mass is 358 g/mol. The molecule has 4 N–H and O–H groups in total. The fraction of sp³-hybridized carbons (Fsp3) is 0.652. The van der Waals surface area contributed by atoms with E-state index in [-0.39, 0.29) is 22.9 Å². The van der Waals surface area contributed by atoms with Gasteiger partial charge >= 0.3 is 0 Å². The first-order chi connectivity index (χ1) is 11.9. The lowest BCUT2D eigenvalue weighted by Crippen LogP contribution is -2.45. The molecule has 1 aromatic carbocycles. The zero-order valence-corrected chi connectivity index (χ0v) is 17.8. The maximum absolute atomic E-state index is 6.41. The molecule has 0 spiro atoms. The Morgan fingerprint density at radius 2 is 1.73 bits per heavy atom. The van der Waals surface area contributed by atoms with E-state index in [2.05, 4.69) is 59.8 Å². The smallest absolute Gasteiger partial charge is 0.130 e. The summed E-state index contributed by atoms with van der Waals surface area (Å²) in [6.45, 7) is 16.2. The van der Waals surface area contributed by atoms with Crippen LogP contribution in [0, 0.1) is 0 Å². The fourth-order valence-electron chi connectivity index (χ4n) is 3.59. The molecule has 1 fully saturated rings. The van der Waals surface area contributed by atoms with Gasteiger partial charge in [0.15, 0.2) is 0 Å². The summed E-state index contributed by atoms with van der Waals surface area (Å²) in [5, 5.41) is 0. The molecule has 26 heavy (non-hydrogen) atoms. The van der Waals surface area contributed by atoms with Gasteiger partial charge < -0.3 is 16.2 Å². The van der Waals surface area contributed by atoms with Gasteiger partial charge in [-0.25, -0.2) is 0 Å². The summed E-state index contributed by atoms with van der Waals surface area (Å²) in [4.78, 5) is 0. The van der Waals surface area contributed by atoms with Crippen LogP contribution in [-0.4, -0.2) is 18.7 Å². The third-order valence-electron chi connectivity index (χ3n) is 5.31. The number of nitrogens with two attached hydrogens (primary N) is 2. The van der Waals surface area contributed by atoms with Gasteiger partial charge in [-0.1, -0.05) is 59.3 Å². The molecule has 0 aliphatic heterocycles. The molecule has 0 amide bonds. The van der Waals surface area contributed by atoms with Crippen molar-refractivity contribution in [2.75, 3.05) is 6.61 Å². The Balaban J connectivity index is 2.69. The zero-order valence-electron chi connectivity index (χ0n) is 17.8. The fourth-order valence-corrected chi connectivity index (χ4v) is 3.59. The lowest BCUT2D eigenvalue weighted by molar-refractivity contribution is 0.328. The second-order valence-electron chi connectivity index (χ2n) is 9.68. The molecule has 0 saturated heterocycles. The molecule has 1 aromatic rings. The van der Waals surface area contributed by atoms with Crippen LogP contribution >= 0.6 is 0 Å². The van der Waals surface area contributed by atoms with E-state index in [1.54, 1.807) is 0 Å². The molecule has 1 aliphatic carbocycles. The van der Waals surface area contributed by atoms with E-state index >= 15 is 0 Å². The van der Waals surface area contributed by atoms with E-state index in [1.165, 1.54) is 16.7 Å². The van der Waals surface area contributed by atoms with Crippen LogP contribution in [0.1, 0.15) is 84.4 Å². The second-order valence-corrected chi connectivity index (χ2v) is 9.68. The van der Waals surface area contributed by atoms with Crippen molar-refractivity contribution in [1.82, 2.24) is 0 Å². The van der Waals surface area contributed by atoms with Crippen molar-refractivity contribution in [3.05, 3.63) is 34.4 Å². The Hall–Kier alpha value is -1.32. The molecule has 1 saturated carbocycles. The van der Waals surface area contributed by atoms with Crippen LogP contribution in [0.2, 0.25) is 0 Å². The minimum absolute atomic E-state index is 0.00407. The van der Waals surface area contributed by atoms with Crippen molar-refractivity contribution >= 4 is 6.08 Å². The van der Waals surface area contributed by atoms with Gasteiger partial charge in [-0.2, -0.15) is 0 Å². The van der Waals surface area contributed by atoms with Crippen LogP contribution in [0.15, 0.2) is 17.7 Å². The first-order valence-electron chi connectivity index (χ1n) is 9.98. The molecule has 1 aliphatic rings. The van der Waals surface area contributed by atoms with E-state index in [9.17, 15) is 0 Å². The van der Waals surface area contributed by atoms with Crippen LogP contribution < -0.4 is 16.2 Å². The summed E-state index contributed by atoms with van der Waals surface area (Å²) in [5.74, 6) is 0.992. The zero-order chi connectivity index (χ0) is 19.7. The van der Waals surface area contributed by atoms with Crippen LogP contribution in [0.5, 0.6) is 5.75 Å². The quantitative estimate of drug-likeness (QED) is 0.807. The predicted molar refractivity (Wildman–Crippen MR) is 113 cm³/mol. The van der Waals surface area contributed by atoms with Gasteiger partial charge in [-0.05, 0) is 48.6 Å². The Morgan fingerprint density at radius 3 is 2.27 bits per heavy atom. The van der Waals surface area contributed by atoms with Crippen molar-refractivity contribution in [3.8, 4) is 5.75 Å². The Kier molecular flexibility index (Phi) is 6.24. The molecule has 0 aromatic heterocycles. The highest BCUT2D eigenvalue weighted by molar-refractivity contribution is 5.66. The van der Waals surface area contributed by atoms with Crippen molar-refractivity contribution < 1.29 is 4.74 Å². The summed E-state index contributed by atoms with van der Waals surface area (Å²) in [7, 11) is 0. The summed E-state index contributed by atoms with van der Waals surface area (Å²) in [5.41, 5.74) is 17.7. The molecule has 0 radical (unpaired) electrons. The first kappa shape index (κ1) is 21.0. The van der Waals surface area contributed by atoms with Gasteiger partial charge in [0.05, 0.1) is 6.61 Å². The maximum atomic E-state index is 6.41. The number of benzene rings is 1. The Morgan fingerprint density at radius 1 is 1.08 bits per heavy atom. The highest BCUT2D eigenvalue weighted by Crippen LogP contribution is 2.40. The third-order valence-corrected chi connectivity index (χ3v) is 5.31. The lowest BCUT2D eigenvalue weighted by Gasteiger charge is -2.31. The number of rotatable bonds is 3. The van der Waals surface area contributed by atoms with Gasteiger partial charge in [-0.3, -0.25) is 0 Å². The summed E-state index contributed by atoms with van der Waals surface area (Å²) >= 11 is 0. The standard InChI is InChI=1S/C23H38N2O/c1-8-26-21-16(12-15-10-9-11-19(24)20(15)25)13-17(22(2,3)4)14-18(21)23(5,6)7/h12-14,19-20H,8-11,24-25H2,1-7H3. The van der Waals surface area contributed by atoms with Crippen molar-refractivity contribution in [2.45, 2.75) is 90.6 Å². The van der Waals surface area contributed by atoms with E-state index in [0.717, 1.165) is 30.6 Å². The van der Waals surface area contributed by atoms with Gasteiger partial charge in [0, 0.05) is 23.2 Å². The molecular formula is C23H38N2O. The van der Waals surface area contributed by atoms with E-state index in [4.69, 9.17) is 16.2 Å². The van der Waals surface area contributed by atoms with Crippen LogP contribution in [0.25, 0.3) is 6.08 Å². The molecular weight excluding hydrogens is 320 g/mol. The lowest BCUT2D eigenvalue weighted by atomic mass is 9.78. The molecule has 2 rings (SSSR count). The van der Waals surface area contributed by atoms with Gasteiger partial charge in [-0.15, -0.1) is 0 Å². The SMILES string of the molecule is CCOc1c(C=C2CCCC(N)C2N)cc(C(C)(C)C)cc1C(C)(C)C. The predicted octanol–water partition coefficient (Wildman–Crippen LogP) is 4.90. The third kappa shape index (κ3) is 4.69. The Labute approximate surface area is 160 Å². The number of hydrogen-bond donors (Lipinski definition) is 2. The normalized spacial score (nSPS) is 23.3. The highest BCUT2D eigenvalue weighted by atomic mass is 16.5. The van der Waals surface area contributed by atoms with Crippen molar-refractivity contribution in [1.29, 1.82) is 0 Å². The first-order valence-corrected chi connectivity index (χ1v) is 9.98. The minimum Gasteiger partial charge on any atom is -0.493 e. The van der Waals surface area contributed by atoms with Gasteiger partial charge in [0.25, 0.3) is 0 Å². The second kappa shape index (κ2) is 7.74. The van der Waals surface area contributed by atoms with Crippen molar-refractivity contribution in [2.24, 2.45) is 11.5 Å². The number of hydrogen-bond acceptors (Lipinski definition) is 3. The molecule has 2 unspecified atom stereocenters. The molecule has 3 nitrogen and oxygen atoms in total. The van der Waals surface area contributed by atoms with Crippen LogP contribution in [-0.2, 0) is 10.8 Å². The summed E-state index contributed by atoms with van der Waals surface area (Å²) in [6.07, 6.45) is 5.38. The topological polar surface area (TPSA) is 61.3 Å². The van der Waals surface area contributed by atoms with Gasteiger partial charge in [0.1, 0.15) is 5.75 Å². The van der Waals surface area contributed by atoms with Crippen LogP contribution in [0.4, 0.5) is 0 Å². The minimum atomic E-state index is -0.0605. The molecule has 0 heterocycles. The average molecular weight is 359 g/mol. The van der Waals surface area contributed by atoms with E-state index in [0.29, 0.717) is 6.61 Å². The van der Waals surface area contributed by atoms with E-state index in [1.807, 2.05) is 6.92 Å². The van der Waals surface area contributed by atoms with Crippen molar-refractivity contribution in [3.63, 3.8) is 0 Å². The maximum Gasteiger partial charge on any atom is 0.130 e. The van der Waals surface area contributed by atoms with E-state index < -0.39 is 0 Å². The largest absolute Gasteiger partial charge is 0.493 e. The number of ether oxygens (including phenoxy) is 1. The summed E-state index contributed by atoms with van der Waals surface area (Å²) < 4.78 is 6.15. The highest BCUT2D eigenvalue weighted by Gasteiger charge is 2.27. The van der Waals surface area contributed by atoms with Crippen LogP contribution in [0.3, 0.4) is 0 Å². The Bertz CT molecular complexity index is 662. The molecule has 3 heteroatoms.